The number of nitrogens with one attached hydrogen (secondary N) is 1. The maximum Gasteiger partial charge on any atom is 0.330 e. The lowest BCUT2D eigenvalue weighted by Gasteiger charge is -2.41. The lowest BCUT2D eigenvalue weighted by atomic mass is 9.97. The van der Waals surface area contributed by atoms with Gasteiger partial charge >= 0.3 is 5.69 Å². The molecule has 0 saturated carbocycles. The summed E-state index contributed by atoms with van der Waals surface area (Å²) >= 11 is 0. The summed E-state index contributed by atoms with van der Waals surface area (Å²) in [7, 11) is -11.6. The molecule has 0 amide bonds. The van der Waals surface area contributed by atoms with E-state index in [0.717, 1.165) is 12.3 Å². The Labute approximate surface area is 200 Å². The highest BCUT2D eigenvalue weighted by Gasteiger charge is 2.48. The zero-order chi connectivity index (χ0) is 27.0. The van der Waals surface area contributed by atoms with Crippen LogP contribution in [0.15, 0.2) is 21.9 Å². The van der Waals surface area contributed by atoms with E-state index >= 15 is 0 Å². The lowest BCUT2D eigenvalue weighted by Crippen LogP contribution is -2.78. The molecular formula is C15H24N3O16P2-. The molecule has 2 unspecified atom stereocenters. The van der Waals surface area contributed by atoms with Crippen LogP contribution in [0.1, 0.15) is 6.23 Å². The Morgan fingerprint density at radius 2 is 1.69 bits per heavy atom. The van der Waals surface area contributed by atoms with E-state index in [1.165, 1.54) is 0 Å². The van der Waals surface area contributed by atoms with E-state index in [2.05, 4.69) is 19.1 Å². The highest BCUT2D eigenvalue weighted by atomic mass is 31.3. The summed E-state index contributed by atoms with van der Waals surface area (Å²) in [6, 6.07) is -0.363. The number of nitrogens with zero attached hydrogens (tertiary/aromatic N) is 1. The second-order valence-corrected chi connectivity index (χ2v) is 10.7. The minimum atomic E-state index is -5.82. The second-order valence-electron chi connectivity index (χ2n) is 7.81. The van der Waals surface area contributed by atoms with Crippen molar-refractivity contribution in [1.29, 1.82) is 0 Å². The fourth-order valence-electron chi connectivity index (χ4n) is 3.43. The van der Waals surface area contributed by atoms with Crippen LogP contribution < -0.4 is 26.8 Å². The van der Waals surface area contributed by atoms with Crippen LogP contribution in [0.5, 0.6) is 0 Å². The summed E-state index contributed by atoms with van der Waals surface area (Å²) in [5, 5.41) is 49.2. The average Bonchev–Trinajstić information content (AvgIpc) is 3.06. The number of H-pyrrole nitrogens is 1. The Morgan fingerprint density at radius 3 is 2.31 bits per heavy atom. The van der Waals surface area contributed by atoms with E-state index < -0.39 is 95.3 Å². The van der Waals surface area contributed by atoms with Gasteiger partial charge in [0.1, 0.15) is 36.6 Å². The first-order valence-electron chi connectivity index (χ1n) is 10.1. The Kier molecular flexibility index (Phi) is 9.05. The van der Waals surface area contributed by atoms with Crippen LogP contribution in [-0.4, -0.2) is 97.3 Å². The molecule has 9 N–H and O–H groups in total. The van der Waals surface area contributed by atoms with Gasteiger partial charge in [0.15, 0.2) is 18.6 Å². The lowest BCUT2D eigenvalue weighted by molar-refractivity contribution is -0.486. The minimum absolute atomic E-state index is 0.712. The smallest absolute Gasteiger partial charge is 0.330 e. The van der Waals surface area contributed by atoms with Crippen LogP contribution in [0.3, 0.4) is 0 Å². The molecular weight excluding hydrogens is 540 g/mol. The van der Waals surface area contributed by atoms with Gasteiger partial charge in [-0.25, -0.2) is 9.11 Å². The maximum absolute atomic E-state index is 12.1. The number of rotatable bonds is 9. The molecule has 0 aromatic carbocycles. The highest BCUT2D eigenvalue weighted by Crippen LogP contribution is 2.56. The largest absolute Gasteiger partial charge is 0.756 e. The van der Waals surface area contributed by atoms with Gasteiger partial charge in [-0.2, -0.15) is 0 Å². The van der Waals surface area contributed by atoms with Gasteiger partial charge in [-0.05, 0) is 0 Å². The van der Waals surface area contributed by atoms with Crippen LogP contribution in [0, 0.1) is 0 Å². The Morgan fingerprint density at radius 1 is 1.03 bits per heavy atom. The zero-order valence-electron chi connectivity index (χ0n) is 18.0. The monoisotopic (exact) mass is 564 g/mol. The van der Waals surface area contributed by atoms with Crippen molar-refractivity contribution in [2.24, 2.45) is 0 Å². The van der Waals surface area contributed by atoms with Crippen molar-refractivity contribution in [1.82, 2.24) is 9.55 Å². The summed E-state index contributed by atoms with van der Waals surface area (Å²) in [5.41, 5.74) is 1.64. The molecule has 2 aliphatic heterocycles. The summed E-state index contributed by atoms with van der Waals surface area (Å²) in [4.78, 5) is 49.0. The van der Waals surface area contributed by atoms with Crippen molar-refractivity contribution in [3.63, 3.8) is 0 Å². The first-order chi connectivity index (χ1) is 16.7. The third-order valence-electron chi connectivity index (χ3n) is 5.32. The van der Waals surface area contributed by atoms with Crippen LogP contribution in [-0.2, 0) is 32.0 Å². The van der Waals surface area contributed by atoms with Crippen LogP contribution in [0.25, 0.3) is 0 Å². The predicted molar refractivity (Wildman–Crippen MR) is 105 cm³/mol. The summed E-state index contributed by atoms with van der Waals surface area (Å²) < 4.78 is 47.6. The molecule has 0 spiro atoms. The third-order valence-corrected chi connectivity index (χ3v) is 7.85. The number of ether oxygens (including phenoxy) is 2. The Balaban J connectivity index is 1.61. The normalized spacial score (nSPS) is 38.4. The summed E-state index contributed by atoms with van der Waals surface area (Å²) in [6.07, 6.45) is -12.7. The van der Waals surface area contributed by atoms with Gasteiger partial charge in [0, 0.05) is 12.3 Å². The van der Waals surface area contributed by atoms with Gasteiger partial charge in [0.25, 0.3) is 21.2 Å². The van der Waals surface area contributed by atoms with Gasteiger partial charge in [-0.1, -0.05) is 0 Å². The molecule has 3 rings (SSSR count). The van der Waals surface area contributed by atoms with E-state index in [9.17, 15) is 54.0 Å². The third kappa shape index (κ3) is 6.54. The van der Waals surface area contributed by atoms with Gasteiger partial charge in [-0.3, -0.25) is 28.0 Å². The number of hydrogen-bond donors (Lipinski definition) is 7. The Hall–Kier alpha value is -1.38. The van der Waals surface area contributed by atoms with Crippen molar-refractivity contribution in [3.05, 3.63) is 33.1 Å². The predicted octanol–water partition coefficient (Wildman–Crippen LogP) is -6.81. The van der Waals surface area contributed by atoms with Crippen molar-refractivity contribution in [2.45, 2.75) is 55.2 Å². The zero-order valence-corrected chi connectivity index (χ0v) is 19.8. The molecule has 1 aromatic rings. The molecule has 0 bridgehead atoms. The van der Waals surface area contributed by atoms with Crippen molar-refractivity contribution in [3.8, 4) is 0 Å². The van der Waals surface area contributed by atoms with Gasteiger partial charge in [-0.15, -0.1) is 0 Å². The maximum atomic E-state index is 12.1. The number of aromatic amines is 1. The summed E-state index contributed by atoms with van der Waals surface area (Å²) in [5.74, 6) is 0. The molecule has 3 heterocycles. The number of aliphatic hydroxyl groups excluding tert-OH is 5. The highest BCUT2D eigenvalue weighted by molar-refractivity contribution is 7.59. The standard InChI is InChI=1S/C15H25N3O16P2/c16-8-9(21)5(3-19)32-14(11(8)23)33-36(28,29)34-35(26,27)30-4-6-10(22)12(24)13(31-6)18-2-1-7(20)17-15(18)25/h1-2,5-6,8-14,19,21-24H,3-4,16H2,(H,26,27)(H,28,29)(H,17,20,25)/p-1/t5-,6-,8+,9-,10-,11-,12-,13-,14-/m1/s1. The second kappa shape index (κ2) is 11.2. The molecule has 206 valence electrons. The number of quaternary nitrogens is 1. The first-order valence-corrected chi connectivity index (χ1v) is 13.0. The minimum Gasteiger partial charge on any atom is -0.756 e. The fraction of sp³-hybridized carbons (Fsp3) is 0.733. The van der Waals surface area contributed by atoms with E-state index in [1.54, 1.807) is 0 Å². The Bertz CT molecular complexity index is 1130. The topological polar surface area (TPSA) is 310 Å². The molecule has 19 nitrogen and oxygen atoms in total. The van der Waals surface area contributed by atoms with Gasteiger partial charge in [0.05, 0.1) is 13.2 Å². The van der Waals surface area contributed by atoms with E-state index in [-0.39, 0.29) is 0 Å². The SMILES string of the molecule is [NH3+][C@@H]1[C@@H](O)[C@@H](OP(=O)([O-])OP(=O)([O-])OC[C@H]2O[C@@H](n3ccc(=O)[nH]c3=O)[C@H](O)[C@@H]2O)O[C@H](CO)[C@H]1O. The number of hydrogen-bond acceptors (Lipinski definition) is 16. The van der Waals surface area contributed by atoms with E-state index in [4.69, 9.17) is 9.47 Å². The molecule has 11 atom stereocenters. The molecule has 0 radical (unpaired) electrons. The van der Waals surface area contributed by atoms with E-state index in [1.807, 2.05) is 4.98 Å². The van der Waals surface area contributed by atoms with Crippen LogP contribution in [0.4, 0.5) is 0 Å². The molecule has 0 aliphatic carbocycles. The molecule has 36 heavy (non-hydrogen) atoms. The van der Waals surface area contributed by atoms with Gasteiger partial charge in [0.2, 0.25) is 0 Å². The molecule has 2 aliphatic rings. The van der Waals surface area contributed by atoms with Gasteiger partial charge < -0.3 is 55.1 Å². The quantitative estimate of drug-likeness (QED) is 0.137. The number of phosphoric acid groups is 2. The molecule has 1 aromatic heterocycles. The molecule has 2 saturated heterocycles. The molecule has 2 fully saturated rings. The van der Waals surface area contributed by atoms with Crippen molar-refractivity contribution < 1.29 is 73.0 Å². The van der Waals surface area contributed by atoms with Crippen LogP contribution in [0.2, 0.25) is 0 Å². The van der Waals surface area contributed by atoms with Crippen molar-refractivity contribution >= 4 is 15.6 Å². The average molecular weight is 564 g/mol. The van der Waals surface area contributed by atoms with Crippen LogP contribution >= 0.6 is 15.6 Å². The van der Waals surface area contributed by atoms with Crippen molar-refractivity contribution in [2.75, 3.05) is 13.2 Å². The molecule has 21 heteroatoms. The number of phosphoric ester groups is 2. The first kappa shape index (κ1) is 29.2. The number of aliphatic hydroxyl groups is 5. The van der Waals surface area contributed by atoms with E-state index in [0.29, 0.717) is 4.57 Å². The summed E-state index contributed by atoms with van der Waals surface area (Å²) in [6.45, 7) is -1.90. The fourth-order valence-corrected chi connectivity index (χ4v) is 5.51. The number of aromatic nitrogens is 2.